The van der Waals surface area contributed by atoms with Gasteiger partial charge in [-0.3, -0.25) is 4.98 Å². The molecular weight excluding hydrogens is 216 g/mol. The number of rotatable bonds is 6. The van der Waals surface area contributed by atoms with Gasteiger partial charge in [0, 0.05) is 26.2 Å². The van der Waals surface area contributed by atoms with Crippen molar-refractivity contribution < 1.29 is 5.11 Å². The molecule has 1 fully saturated rings. The maximum Gasteiger partial charge on any atom is 0.149 e. The summed E-state index contributed by atoms with van der Waals surface area (Å²) in [5.41, 5.74) is 0. The molecule has 2 N–H and O–H groups in total. The van der Waals surface area contributed by atoms with E-state index in [-0.39, 0.29) is 6.61 Å². The molecule has 0 amide bonds. The van der Waals surface area contributed by atoms with E-state index in [1.807, 2.05) is 7.05 Å². The molecule has 0 aliphatic heterocycles. The Bertz CT molecular complexity index is 354. The summed E-state index contributed by atoms with van der Waals surface area (Å²) in [4.78, 5) is 11.0. The highest BCUT2D eigenvalue weighted by Crippen LogP contribution is 2.28. The van der Waals surface area contributed by atoms with Gasteiger partial charge in [-0.15, -0.1) is 0 Å². The molecule has 0 radical (unpaired) electrons. The summed E-state index contributed by atoms with van der Waals surface area (Å²) in [5, 5.41) is 12.0. The van der Waals surface area contributed by atoms with E-state index in [9.17, 15) is 0 Å². The molecular formula is C12H20N4O. The molecule has 0 bridgehead atoms. The minimum atomic E-state index is 0.225. The zero-order valence-corrected chi connectivity index (χ0v) is 10.3. The van der Waals surface area contributed by atoms with E-state index in [1.54, 1.807) is 12.4 Å². The third-order valence-corrected chi connectivity index (χ3v) is 3.24. The van der Waals surface area contributed by atoms with Crippen LogP contribution in [-0.4, -0.2) is 41.3 Å². The number of aromatic nitrogens is 2. The summed E-state index contributed by atoms with van der Waals surface area (Å²) < 4.78 is 0. The van der Waals surface area contributed by atoms with Crippen LogP contribution in [0.25, 0.3) is 0 Å². The van der Waals surface area contributed by atoms with E-state index in [4.69, 9.17) is 5.11 Å². The van der Waals surface area contributed by atoms with Crippen LogP contribution in [0.3, 0.4) is 0 Å². The third-order valence-electron chi connectivity index (χ3n) is 3.24. The van der Waals surface area contributed by atoms with Gasteiger partial charge in [0.2, 0.25) is 0 Å². The van der Waals surface area contributed by atoms with Crippen molar-refractivity contribution in [2.45, 2.75) is 31.7 Å². The minimum Gasteiger partial charge on any atom is -0.396 e. The topological polar surface area (TPSA) is 61.3 Å². The van der Waals surface area contributed by atoms with Crippen LogP contribution in [0, 0.1) is 0 Å². The first kappa shape index (κ1) is 12.1. The molecule has 1 aliphatic rings. The molecule has 0 spiro atoms. The van der Waals surface area contributed by atoms with Crippen LogP contribution in [0.15, 0.2) is 12.4 Å². The Morgan fingerprint density at radius 3 is 2.88 bits per heavy atom. The molecule has 17 heavy (non-hydrogen) atoms. The average Bonchev–Trinajstić information content (AvgIpc) is 2.32. The summed E-state index contributed by atoms with van der Waals surface area (Å²) >= 11 is 0. The van der Waals surface area contributed by atoms with Crippen LogP contribution < -0.4 is 10.2 Å². The molecule has 1 saturated carbocycles. The van der Waals surface area contributed by atoms with Gasteiger partial charge in [-0.2, -0.15) is 0 Å². The van der Waals surface area contributed by atoms with Crippen molar-refractivity contribution >= 4 is 11.6 Å². The number of aliphatic hydroxyl groups excluding tert-OH is 1. The van der Waals surface area contributed by atoms with Crippen LogP contribution >= 0.6 is 0 Å². The fourth-order valence-electron chi connectivity index (χ4n) is 2.04. The summed E-state index contributed by atoms with van der Waals surface area (Å²) in [6.45, 7) is 1.07. The van der Waals surface area contributed by atoms with Gasteiger partial charge in [0.25, 0.3) is 0 Å². The molecule has 94 valence electrons. The van der Waals surface area contributed by atoms with Crippen molar-refractivity contribution in [1.29, 1.82) is 0 Å². The summed E-state index contributed by atoms with van der Waals surface area (Å²) in [6.07, 6.45) is 8.03. The average molecular weight is 236 g/mol. The van der Waals surface area contributed by atoms with E-state index >= 15 is 0 Å². The number of nitrogens with one attached hydrogen (secondary N) is 1. The van der Waals surface area contributed by atoms with Gasteiger partial charge < -0.3 is 15.3 Å². The number of nitrogens with zero attached hydrogens (tertiary/aromatic N) is 3. The molecule has 1 aromatic rings. The van der Waals surface area contributed by atoms with Crippen LogP contribution in [-0.2, 0) is 0 Å². The van der Waals surface area contributed by atoms with Crippen LogP contribution in [0.1, 0.15) is 25.7 Å². The smallest absolute Gasteiger partial charge is 0.149 e. The highest BCUT2D eigenvalue weighted by molar-refractivity contribution is 5.44. The normalized spacial score (nSPS) is 15.4. The first-order chi connectivity index (χ1) is 8.35. The number of hydrogen-bond acceptors (Lipinski definition) is 5. The summed E-state index contributed by atoms with van der Waals surface area (Å²) in [5.74, 6) is 1.70. The van der Waals surface area contributed by atoms with E-state index in [2.05, 4.69) is 20.2 Å². The Balaban J connectivity index is 2.11. The zero-order valence-electron chi connectivity index (χ0n) is 10.3. The molecule has 0 atom stereocenters. The molecule has 1 aliphatic carbocycles. The van der Waals surface area contributed by atoms with Crippen molar-refractivity contribution in [2.24, 2.45) is 0 Å². The fourth-order valence-corrected chi connectivity index (χ4v) is 2.04. The second kappa shape index (κ2) is 5.82. The Labute approximate surface area is 102 Å². The van der Waals surface area contributed by atoms with Crippen molar-refractivity contribution in [3.05, 3.63) is 12.4 Å². The molecule has 0 unspecified atom stereocenters. The van der Waals surface area contributed by atoms with Gasteiger partial charge in [0.05, 0.1) is 12.4 Å². The molecule has 1 aromatic heterocycles. The fraction of sp³-hybridized carbons (Fsp3) is 0.667. The molecule has 2 rings (SSSR count). The number of aliphatic hydroxyl groups is 1. The second-order valence-corrected chi connectivity index (χ2v) is 4.37. The summed E-state index contributed by atoms with van der Waals surface area (Å²) in [7, 11) is 1.84. The van der Waals surface area contributed by atoms with Gasteiger partial charge in [-0.1, -0.05) is 0 Å². The van der Waals surface area contributed by atoms with E-state index in [1.165, 1.54) is 19.3 Å². The Hall–Kier alpha value is -1.36. The lowest BCUT2D eigenvalue weighted by Gasteiger charge is -2.38. The minimum absolute atomic E-state index is 0.225. The van der Waals surface area contributed by atoms with Crippen LogP contribution in [0.5, 0.6) is 0 Å². The maximum absolute atomic E-state index is 8.96. The highest BCUT2D eigenvalue weighted by atomic mass is 16.3. The quantitative estimate of drug-likeness (QED) is 0.778. The lowest BCUT2D eigenvalue weighted by molar-refractivity contribution is 0.282. The molecule has 1 heterocycles. The lowest BCUT2D eigenvalue weighted by atomic mass is 9.91. The van der Waals surface area contributed by atoms with E-state index in [0.717, 1.165) is 24.6 Å². The first-order valence-corrected chi connectivity index (χ1v) is 6.22. The Morgan fingerprint density at radius 1 is 1.47 bits per heavy atom. The van der Waals surface area contributed by atoms with Gasteiger partial charge in [-0.25, -0.2) is 4.98 Å². The standard InChI is InChI=1S/C12H20N4O/c1-13-11-8-14-9-12(15-11)16(6-3-7-17)10-4-2-5-10/h8-10,17H,2-7H2,1H3,(H,13,15). The molecule has 5 nitrogen and oxygen atoms in total. The van der Waals surface area contributed by atoms with Crippen molar-refractivity contribution in [2.75, 3.05) is 30.4 Å². The zero-order chi connectivity index (χ0) is 12.1. The predicted molar refractivity (Wildman–Crippen MR) is 68.3 cm³/mol. The van der Waals surface area contributed by atoms with Gasteiger partial charge in [0.1, 0.15) is 11.6 Å². The first-order valence-electron chi connectivity index (χ1n) is 6.22. The van der Waals surface area contributed by atoms with Gasteiger partial charge in [-0.05, 0) is 25.7 Å². The van der Waals surface area contributed by atoms with Crippen molar-refractivity contribution in [1.82, 2.24) is 9.97 Å². The van der Waals surface area contributed by atoms with Crippen LogP contribution in [0.4, 0.5) is 11.6 Å². The largest absolute Gasteiger partial charge is 0.396 e. The Morgan fingerprint density at radius 2 is 2.29 bits per heavy atom. The number of hydrogen-bond donors (Lipinski definition) is 2. The van der Waals surface area contributed by atoms with Crippen molar-refractivity contribution in [3.8, 4) is 0 Å². The predicted octanol–water partition coefficient (Wildman–Crippen LogP) is 1.26. The lowest BCUT2D eigenvalue weighted by Crippen LogP contribution is -2.41. The van der Waals surface area contributed by atoms with Crippen LogP contribution in [0.2, 0.25) is 0 Å². The van der Waals surface area contributed by atoms with Crippen molar-refractivity contribution in [3.63, 3.8) is 0 Å². The SMILES string of the molecule is CNc1cncc(N(CCCO)C2CCC2)n1. The van der Waals surface area contributed by atoms with Gasteiger partial charge >= 0.3 is 0 Å². The number of anilines is 2. The maximum atomic E-state index is 8.96. The monoisotopic (exact) mass is 236 g/mol. The molecule has 0 saturated heterocycles. The Kier molecular flexibility index (Phi) is 4.14. The molecule has 5 heteroatoms. The summed E-state index contributed by atoms with van der Waals surface area (Å²) in [6, 6.07) is 0.572. The van der Waals surface area contributed by atoms with E-state index in [0.29, 0.717) is 6.04 Å². The highest BCUT2D eigenvalue weighted by Gasteiger charge is 2.25. The molecule has 0 aromatic carbocycles. The third kappa shape index (κ3) is 2.85. The van der Waals surface area contributed by atoms with Gasteiger partial charge in [0.15, 0.2) is 0 Å². The van der Waals surface area contributed by atoms with E-state index < -0.39 is 0 Å². The second-order valence-electron chi connectivity index (χ2n) is 4.37.